The second-order valence-electron chi connectivity index (χ2n) is 3.34. The average Bonchev–Trinajstić information content (AvgIpc) is 2.17. The first-order chi connectivity index (χ1) is 7.11. The van der Waals surface area contributed by atoms with Crippen LogP contribution in [-0.2, 0) is 4.79 Å². The van der Waals surface area contributed by atoms with Gasteiger partial charge in [0.1, 0.15) is 5.82 Å². The average molecular weight is 211 g/mol. The largest absolute Gasteiger partial charge is 0.481 e. The molecule has 0 spiro atoms. The van der Waals surface area contributed by atoms with Crippen LogP contribution in [0.2, 0.25) is 0 Å². The molecule has 1 aromatic carbocycles. The fourth-order valence-corrected chi connectivity index (χ4v) is 1.33. The Morgan fingerprint density at radius 2 is 2.20 bits per heavy atom. The number of nitrogens with one attached hydrogen (secondary N) is 1. The molecule has 0 aromatic heterocycles. The number of carboxylic acids is 1. The monoisotopic (exact) mass is 211 g/mol. The lowest BCUT2D eigenvalue weighted by atomic mass is 10.1. The molecule has 1 rings (SSSR count). The van der Waals surface area contributed by atoms with Gasteiger partial charge in [-0.15, -0.1) is 0 Å². The summed E-state index contributed by atoms with van der Waals surface area (Å²) in [7, 11) is 0. The normalized spacial score (nSPS) is 12.4. The first-order valence-electron chi connectivity index (χ1n) is 4.81. The van der Waals surface area contributed by atoms with Crippen LogP contribution >= 0.6 is 0 Å². The van der Waals surface area contributed by atoms with Crippen molar-refractivity contribution in [3.63, 3.8) is 0 Å². The van der Waals surface area contributed by atoms with Crippen molar-refractivity contribution in [2.24, 2.45) is 0 Å². The molecular weight excluding hydrogens is 197 g/mol. The van der Waals surface area contributed by atoms with E-state index in [0.717, 1.165) is 0 Å². The van der Waals surface area contributed by atoms with Crippen LogP contribution < -0.4 is 5.32 Å². The molecule has 0 bridgehead atoms. The SMILES string of the molecule is CC(NCCC(=O)O)c1ccccc1F. The Kier molecular flexibility index (Phi) is 4.24. The Morgan fingerprint density at radius 3 is 2.80 bits per heavy atom. The number of carboxylic acid groups (broad SMARTS) is 1. The zero-order valence-electron chi connectivity index (χ0n) is 8.53. The summed E-state index contributed by atoms with van der Waals surface area (Å²) in [5.74, 6) is -1.13. The van der Waals surface area contributed by atoms with Gasteiger partial charge in [0.2, 0.25) is 0 Å². The van der Waals surface area contributed by atoms with Gasteiger partial charge in [-0.05, 0) is 13.0 Å². The lowest BCUT2D eigenvalue weighted by Gasteiger charge is -2.13. The van der Waals surface area contributed by atoms with Crippen LogP contribution in [0, 0.1) is 5.82 Å². The minimum absolute atomic E-state index is 0.0405. The molecule has 0 saturated heterocycles. The molecule has 0 heterocycles. The van der Waals surface area contributed by atoms with Crippen LogP contribution in [0.3, 0.4) is 0 Å². The Balaban J connectivity index is 2.50. The van der Waals surface area contributed by atoms with Gasteiger partial charge in [0.15, 0.2) is 0 Å². The molecule has 0 radical (unpaired) electrons. The molecule has 0 aliphatic rings. The van der Waals surface area contributed by atoms with Crippen molar-refractivity contribution in [1.29, 1.82) is 0 Å². The fraction of sp³-hybridized carbons (Fsp3) is 0.364. The molecule has 15 heavy (non-hydrogen) atoms. The molecular formula is C11H14FNO2. The molecule has 0 amide bonds. The van der Waals surface area contributed by atoms with E-state index < -0.39 is 5.97 Å². The van der Waals surface area contributed by atoms with Gasteiger partial charge >= 0.3 is 5.97 Å². The predicted molar refractivity (Wildman–Crippen MR) is 55.1 cm³/mol. The molecule has 0 fully saturated rings. The van der Waals surface area contributed by atoms with E-state index in [1.807, 2.05) is 0 Å². The zero-order valence-corrected chi connectivity index (χ0v) is 8.53. The molecule has 2 N–H and O–H groups in total. The first kappa shape index (κ1) is 11.7. The molecule has 1 unspecified atom stereocenters. The maximum absolute atomic E-state index is 13.3. The molecule has 1 atom stereocenters. The summed E-state index contributed by atoms with van der Waals surface area (Å²) in [6.07, 6.45) is 0.0405. The van der Waals surface area contributed by atoms with Gasteiger partial charge in [0, 0.05) is 18.2 Å². The van der Waals surface area contributed by atoms with Crippen molar-refractivity contribution in [3.8, 4) is 0 Å². The molecule has 1 aromatic rings. The highest BCUT2D eigenvalue weighted by molar-refractivity contribution is 5.66. The minimum Gasteiger partial charge on any atom is -0.481 e. The van der Waals surface area contributed by atoms with Gasteiger partial charge in [0.05, 0.1) is 6.42 Å². The van der Waals surface area contributed by atoms with Crippen LogP contribution in [0.4, 0.5) is 4.39 Å². The van der Waals surface area contributed by atoms with Crippen molar-refractivity contribution >= 4 is 5.97 Å². The van der Waals surface area contributed by atoms with Crippen molar-refractivity contribution < 1.29 is 14.3 Å². The third-order valence-corrected chi connectivity index (χ3v) is 2.16. The first-order valence-corrected chi connectivity index (χ1v) is 4.81. The number of carbonyl (C=O) groups is 1. The Hall–Kier alpha value is -1.42. The van der Waals surface area contributed by atoms with E-state index in [9.17, 15) is 9.18 Å². The molecule has 0 aliphatic carbocycles. The number of benzene rings is 1. The smallest absolute Gasteiger partial charge is 0.304 e. The van der Waals surface area contributed by atoms with E-state index in [-0.39, 0.29) is 18.3 Å². The lowest BCUT2D eigenvalue weighted by Crippen LogP contribution is -2.22. The van der Waals surface area contributed by atoms with Gasteiger partial charge in [-0.25, -0.2) is 4.39 Å². The molecule has 0 aliphatic heterocycles. The quantitative estimate of drug-likeness (QED) is 0.782. The van der Waals surface area contributed by atoms with Crippen molar-refractivity contribution in [2.45, 2.75) is 19.4 Å². The van der Waals surface area contributed by atoms with E-state index in [0.29, 0.717) is 12.1 Å². The van der Waals surface area contributed by atoms with Crippen LogP contribution in [0.25, 0.3) is 0 Å². The molecule has 3 nitrogen and oxygen atoms in total. The summed E-state index contributed by atoms with van der Waals surface area (Å²) >= 11 is 0. The van der Waals surface area contributed by atoms with Gasteiger partial charge in [-0.2, -0.15) is 0 Å². The van der Waals surface area contributed by atoms with Crippen LogP contribution in [-0.4, -0.2) is 17.6 Å². The summed E-state index contributed by atoms with van der Waals surface area (Å²) < 4.78 is 13.3. The maximum atomic E-state index is 13.3. The van der Waals surface area contributed by atoms with Gasteiger partial charge in [0.25, 0.3) is 0 Å². The van der Waals surface area contributed by atoms with E-state index in [2.05, 4.69) is 5.32 Å². The van der Waals surface area contributed by atoms with Crippen LogP contribution in [0.1, 0.15) is 24.9 Å². The fourth-order valence-electron chi connectivity index (χ4n) is 1.33. The molecule has 82 valence electrons. The van der Waals surface area contributed by atoms with Gasteiger partial charge < -0.3 is 10.4 Å². The third-order valence-electron chi connectivity index (χ3n) is 2.16. The van der Waals surface area contributed by atoms with E-state index in [4.69, 9.17) is 5.11 Å². The number of hydrogen-bond acceptors (Lipinski definition) is 2. The van der Waals surface area contributed by atoms with E-state index >= 15 is 0 Å². The van der Waals surface area contributed by atoms with Crippen LogP contribution in [0.15, 0.2) is 24.3 Å². The summed E-state index contributed by atoms with van der Waals surface area (Å²) in [4.78, 5) is 10.3. The highest BCUT2D eigenvalue weighted by Crippen LogP contribution is 2.15. The summed E-state index contributed by atoms with van der Waals surface area (Å²) in [5.41, 5.74) is 0.558. The molecule has 0 saturated carbocycles. The Bertz CT molecular complexity index is 341. The third kappa shape index (κ3) is 3.67. The second-order valence-corrected chi connectivity index (χ2v) is 3.34. The predicted octanol–water partition coefficient (Wildman–Crippen LogP) is 1.95. The Labute approximate surface area is 87.9 Å². The number of halogens is 1. The number of rotatable bonds is 5. The topological polar surface area (TPSA) is 49.3 Å². The number of aliphatic carboxylic acids is 1. The minimum atomic E-state index is -0.858. The van der Waals surface area contributed by atoms with Crippen molar-refractivity contribution in [1.82, 2.24) is 5.32 Å². The van der Waals surface area contributed by atoms with Gasteiger partial charge in [-0.1, -0.05) is 18.2 Å². The number of hydrogen-bond donors (Lipinski definition) is 2. The summed E-state index contributed by atoms with van der Waals surface area (Å²) in [6.45, 7) is 2.14. The maximum Gasteiger partial charge on any atom is 0.304 e. The van der Waals surface area contributed by atoms with Crippen molar-refractivity contribution in [2.75, 3.05) is 6.54 Å². The van der Waals surface area contributed by atoms with E-state index in [1.165, 1.54) is 6.07 Å². The second kappa shape index (κ2) is 5.46. The molecule has 4 heteroatoms. The van der Waals surface area contributed by atoms with E-state index in [1.54, 1.807) is 25.1 Å². The summed E-state index contributed by atoms with van der Waals surface area (Å²) in [5, 5.41) is 11.4. The highest BCUT2D eigenvalue weighted by Gasteiger charge is 2.09. The summed E-state index contributed by atoms with van der Waals surface area (Å²) in [6, 6.07) is 6.29. The Morgan fingerprint density at radius 1 is 1.53 bits per heavy atom. The van der Waals surface area contributed by atoms with Crippen LogP contribution in [0.5, 0.6) is 0 Å². The standard InChI is InChI=1S/C11H14FNO2/c1-8(13-7-6-11(14)15)9-4-2-3-5-10(9)12/h2-5,8,13H,6-7H2,1H3,(H,14,15). The lowest BCUT2D eigenvalue weighted by molar-refractivity contribution is -0.136. The highest BCUT2D eigenvalue weighted by atomic mass is 19.1. The van der Waals surface area contributed by atoms with Crippen molar-refractivity contribution in [3.05, 3.63) is 35.6 Å². The van der Waals surface area contributed by atoms with Gasteiger partial charge in [-0.3, -0.25) is 4.79 Å². The zero-order chi connectivity index (χ0) is 11.3.